The summed E-state index contributed by atoms with van der Waals surface area (Å²) < 4.78 is 10.6. The molecule has 0 aliphatic carbocycles. The molecule has 2 rings (SSSR count). The van der Waals surface area contributed by atoms with Crippen LogP contribution in [0.25, 0.3) is 0 Å². The van der Waals surface area contributed by atoms with Gasteiger partial charge in [0.2, 0.25) is 0 Å². The summed E-state index contributed by atoms with van der Waals surface area (Å²) in [6, 6.07) is 3.40. The van der Waals surface area contributed by atoms with E-state index in [1.165, 1.54) is 7.11 Å². The van der Waals surface area contributed by atoms with Crippen molar-refractivity contribution in [2.24, 2.45) is 11.7 Å². The molecule has 0 radical (unpaired) electrons. The van der Waals surface area contributed by atoms with Gasteiger partial charge in [-0.25, -0.2) is 4.79 Å². The molecule has 1 aliphatic heterocycles. The molecule has 2 atom stereocenters. The Balaban J connectivity index is 2.47. The van der Waals surface area contributed by atoms with Crippen molar-refractivity contribution >= 4 is 5.97 Å². The second-order valence-corrected chi connectivity index (χ2v) is 5.39. The van der Waals surface area contributed by atoms with Crippen molar-refractivity contribution in [3.05, 3.63) is 23.3 Å². The molecule has 3 N–H and O–H groups in total. The fourth-order valence-electron chi connectivity index (χ4n) is 2.99. The van der Waals surface area contributed by atoms with Gasteiger partial charge in [0, 0.05) is 24.2 Å². The number of nitrogens with zero attached hydrogens (tertiary/aromatic N) is 1. The molecule has 1 heterocycles. The van der Waals surface area contributed by atoms with Crippen LogP contribution in [-0.2, 0) is 0 Å². The number of carbonyl (C=O) groups is 1. The van der Waals surface area contributed by atoms with Crippen LogP contribution < -0.4 is 15.2 Å². The van der Waals surface area contributed by atoms with Crippen molar-refractivity contribution in [1.82, 2.24) is 4.90 Å². The normalized spacial score (nSPS) is 22.3. The fraction of sp³-hybridized carbons (Fsp3) is 0.533. The van der Waals surface area contributed by atoms with E-state index < -0.39 is 5.97 Å². The van der Waals surface area contributed by atoms with E-state index in [1.54, 1.807) is 19.2 Å². The molecule has 2 unspecified atom stereocenters. The van der Waals surface area contributed by atoms with Crippen LogP contribution in [0.3, 0.4) is 0 Å². The van der Waals surface area contributed by atoms with Crippen LogP contribution in [0.1, 0.15) is 28.4 Å². The molecule has 21 heavy (non-hydrogen) atoms. The summed E-state index contributed by atoms with van der Waals surface area (Å²) in [4.78, 5) is 13.6. The van der Waals surface area contributed by atoms with Gasteiger partial charge in [-0.05, 0) is 32.0 Å². The van der Waals surface area contributed by atoms with Crippen LogP contribution >= 0.6 is 0 Å². The van der Waals surface area contributed by atoms with Gasteiger partial charge in [0.15, 0.2) is 0 Å². The number of hydrogen-bond donors (Lipinski definition) is 2. The van der Waals surface area contributed by atoms with Gasteiger partial charge < -0.3 is 20.3 Å². The van der Waals surface area contributed by atoms with Gasteiger partial charge >= 0.3 is 5.97 Å². The number of carboxylic acid groups (broad SMARTS) is 1. The first kappa shape index (κ1) is 15.6. The molecular weight excluding hydrogens is 272 g/mol. The summed E-state index contributed by atoms with van der Waals surface area (Å²) in [7, 11) is 5.05. The number of ether oxygens (including phenoxy) is 2. The van der Waals surface area contributed by atoms with Crippen LogP contribution in [-0.4, -0.2) is 50.3 Å². The van der Waals surface area contributed by atoms with E-state index in [0.717, 1.165) is 18.5 Å². The van der Waals surface area contributed by atoms with E-state index in [9.17, 15) is 9.90 Å². The maximum Gasteiger partial charge on any atom is 0.339 e. The smallest absolute Gasteiger partial charge is 0.339 e. The van der Waals surface area contributed by atoms with Gasteiger partial charge in [-0.15, -0.1) is 0 Å². The zero-order chi connectivity index (χ0) is 15.6. The topological polar surface area (TPSA) is 85.0 Å². The highest BCUT2D eigenvalue weighted by atomic mass is 16.5. The molecule has 1 aliphatic rings. The lowest BCUT2D eigenvalue weighted by atomic mass is 9.97. The van der Waals surface area contributed by atoms with Crippen molar-refractivity contribution in [3.8, 4) is 11.5 Å². The molecule has 1 fully saturated rings. The predicted molar refractivity (Wildman–Crippen MR) is 79.0 cm³/mol. The van der Waals surface area contributed by atoms with Crippen molar-refractivity contribution in [2.45, 2.75) is 12.5 Å². The third-order valence-corrected chi connectivity index (χ3v) is 4.11. The number of benzene rings is 1. The third kappa shape index (κ3) is 2.96. The molecule has 6 nitrogen and oxygen atoms in total. The molecule has 0 aromatic heterocycles. The fourth-order valence-corrected chi connectivity index (χ4v) is 2.99. The number of hydrogen-bond acceptors (Lipinski definition) is 5. The van der Waals surface area contributed by atoms with Crippen LogP contribution in [0, 0.1) is 5.92 Å². The minimum Gasteiger partial charge on any atom is -0.496 e. The monoisotopic (exact) mass is 294 g/mol. The maximum absolute atomic E-state index is 11.4. The number of rotatable bonds is 5. The standard InChI is InChI=1S/C15H22N2O4/c1-17-8-9(7-16)4-12(17)10-5-11(15(18)19)14(21-3)6-13(10)20-2/h5-6,9,12H,4,7-8,16H2,1-3H3,(H,18,19). The second kappa shape index (κ2) is 6.32. The van der Waals surface area contributed by atoms with E-state index in [4.69, 9.17) is 15.2 Å². The summed E-state index contributed by atoms with van der Waals surface area (Å²) in [6.07, 6.45) is 0.898. The highest BCUT2D eigenvalue weighted by Gasteiger charge is 2.32. The number of carboxylic acids is 1. The molecule has 0 spiro atoms. The minimum absolute atomic E-state index is 0.109. The maximum atomic E-state index is 11.4. The summed E-state index contributed by atoms with van der Waals surface area (Å²) >= 11 is 0. The average molecular weight is 294 g/mol. The van der Waals surface area contributed by atoms with E-state index in [1.807, 2.05) is 7.05 Å². The number of likely N-dealkylation sites (tertiary alicyclic amines) is 1. The van der Waals surface area contributed by atoms with Gasteiger partial charge in [-0.3, -0.25) is 4.90 Å². The molecular formula is C15H22N2O4. The first-order valence-corrected chi connectivity index (χ1v) is 6.91. The molecule has 1 saturated heterocycles. The quantitative estimate of drug-likeness (QED) is 0.853. The SMILES string of the molecule is COc1cc(OC)c(C2CC(CN)CN2C)cc1C(=O)O. The highest BCUT2D eigenvalue weighted by Crippen LogP contribution is 2.41. The Morgan fingerprint density at radius 2 is 2.05 bits per heavy atom. The van der Waals surface area contributed by atoms with Crippen molar-refractivity contribution in [3.63, 3.8) is 0 Å². The van der Waals surface area contributed by atoms with Crippen LogP contribution in [0.5, 0.6) is 11.5 Å². The summed E-state index contributed by atoms with van der Waals surface area (Å²) in [5, 5.41) is 9.34. The zero-order valence-corrected chi connectivity index (χ0v) is 12.6. The third-order valence-electron chi connectivity index (χ3n) is 4.11. The largest absolute Gasteiger partial charge is 0.496 e. The number of nitrogens with two attached hydrogens (primary N) is 1. The summed E-state index contributed by atoms with van der Waals surface area (Å²) in [5.74, 6) is 0.359. The first-order chi connectivity index (χ1) is 10.0. The molecule has 116 valence electrons. The van der Waals surface area contributed by atoms with E-state index in [-0.39, 0.29) is 11.6 Å². The van der Waals surface area contributed by atoms with Crippen molar-refractivity contribution < 1.29 is 19.4 Å². The lowest BCUT2D eigenvalue weighted by Crippen LogP contribution is -2.21. The molecule has 0 saturated carbocycles. The van der Waals surface area contributed by atoms with Crippen LogP contribution in [0.15, 0.2) is 12.1 Å². The second-order valence-electron chi connectivity index (χ2n) is 5.39. The van der Waals surface area contributed by atoms with Crippen LogP contribution in [0.2, 0.25) is 0 Å². The molecule has 0 bridgehead atoms. The summed E-state index contributed by atoms with van der Waals surface area (Å²) in [6.45, 7) is 1.53. The summed E-state index contributed by atoms with van der Waals surface area (Å²) in [5.41, 5.74) is 6.78. The van der Waals surface area contributed by atoms with Gasteiger partial charge in [-0.2, -0.15) is 0 Å². The van der Waals surface area contributed by atoms with Crippen molar-refractivity contribution in [2.75, 3.05) is 34.4 Å². The van der Waals surface area contributed by atoms with Gasteiger partial charge in [0.1, 0.15) is 17.1 Å². The average Bonchev–Trinajstić information content (AvgIpc) is 2.86. The van der Waals surface area contributed by atoms with Gasteiger partial charge in [0.05, 0.1) is 14.2 Å². The van der Waals surface area contributed by atoms with E-state index in [0.29, 0.717) is 24.0 Å². The van der Waals surface area contributed by atoms with Gasteiger partial charge in [-0.1, -0.05) is 0 Å². The number of methoxy groups -OCH3 is 2. The van der Waals surface area contributed by atoms with E-state index >= 15 is 0 Å². The Labute approximate surface area is 124 Å². The Bertz CT molecular complexity index is 533. The molecule has 1 aromatic carbocycles. The lowest BCUT2D eigenvalue weighted by molar-refractivity contribution is 0.0693. The van der Waals surface area contributed by atoms with Crippen molar-refractivity contribution in [1.29, 1.82) is 0 Å². The zero-order valence-electron chi connectivity index (χ0n) is 12.6. The minimum atomic E-state index is -1.01. The Morgan fingerprint density at radius 1 is 1.38 bits per heavy atom. The van der Waals surface area contributed by atoms with Gasteiger partial charge in [0.25, 0.3) is 0 Å². The lowest BCUT2D eigenvalue weighted by Gasteiger charge is -2.23. The molecule has 0 amide bonds. The van der Waals surface area contributed by atoms with E-state index in [2.05, 4.69) is 4.90 Å². The predicted octanol–water partition coefficient (Wildman–Crippen LogP) is 1.35. The molecule has 6 heteroatoms. The highest BCUT2D eigenvalue weighted by molar-refractivity contribution is 5.91. The first-order valence-electron chi connectivity index (χ1n) is 6.91. The van der Waals surface area contributed by atoms with Crippen LogP contribution in [0.4, 0.5) is 0 Å². The molecule has 1 aromatic rings. The Kier molecular flexibility index (Phi) is 4.69. The Hall–Kier alpha value is -1.79. The number of aromatic carboxylic acids is 1. The Morgan fingerprint density at radius 3 is 2.52 bits per heavy atom.